The molecule has 3 aromatic rings. The van der Waals surface area contributed by atoms with Gasteiger partial charge in [0.2, 0.25) is 0 Å². The summed E-state index contributed by atoms with van der Waals surface area (Å²) in [6.45, 7) is 2.57. The number of fused-ring (bicyclic) bond motifs is 1. The van der Waals surface area contributed by atoms with Crippen molar-refractivity contribution in [1.29, 1.82) is 0 Å². The third-order valence-electron chi connectivity index (χ3n) is 4.29. The quantitative estimate of drug-likeness (QED) is 0.747. The largest absolute Gasteiger partial charge is 0.350 e. The van der Waals surface area contributed by atoms with Crippen molar-refractivity contribution in [3.8, 4) is 9.88 Å². The van der Waals surface area contributed by atoms with Crippen LogP contribution in [0.1, 0.15) is 39.7 Å². The molecule has 0 saturated carbocycles. The molecule has 0 unspecified atom stereocenters. The van der Waals surface area contributed by atoms with E-state index >= 15 is 0 Å². The molecule has 25 heavy (non-hydrogen) atoms. The molecule has 0 saturated heterocycles. The van der Waals surface area contributed by atoms with E-state index in [9.17, 15) is 4.79 Å². The zero-order valence-electron chi connectivity index (χ0n) is 13.9. The molecule has 0 aromatic carbocycles. The maximum atomic E-state index is 12.3. The smallest absolute Gasteiger partial charge is 0.270 e. The van der Waals surface area contributed by atoms with Crippen LogP contribution in [0.25, 0.3) is 9.88 Å². The predicted octanol–water partition coefficient (Wildman–Crippen LogP) is 3.43. The van der Waals surface area contributed by atoms with Gasteiger partial charge in [-0.1, -0.05) is 6.07 Å². The first-order valence-electron chi connectivity index (χ1n) is 8.33. The molecule has 1 aliphatic carbocycles. The second kappa shape index (κ2) is 7.01. The van der Waals surface area contributed by atoms with Crippen LogP contribution in [0, 0.1) is 6.92 Å². The van der Waals surface area contributed by atoms with Gasteiger partial charge in [-0.25, -0.2) is 15.0 Å². The van der Waals surface area contributed by atoms with Gasteiger partial charge < -0.3 is 5.32 Å². The van der Waals surface area contributed by atoms with Gasteiger partial charge >= 0.3 is 0 Å². The van der Waals surface area contributed by atoms with Crippen LogP contribution in [0.2, 0.25) is 0 Å². The fourth-order valence-electron chi connectivity index (χ4n) is 3.06. The molecule has 1 amide bonds. The molecule has 128 valence electrons. The normalized spacial score (nSPS) is 13.0. The van der Waals surface area contributed by atoms with Gasteiger partial charge in [0.05, 0.1) is 4.88 Å². The van der Waals surface area contributed by atoms with Gasteiger partial charge in [0, 0.05) is 29.7 Å². The highest BCUT2D eigenvalue weighted by molar-refractivity contribution is 7.20. The molecule has 1 N–H and O–H groups in total. The number of nitrogens with one attached hydrogen (secondary N) is 1. The maximum Gasteiger partial charge on any atom is 0.270 e. The first-order valence-corrected chi connectivity index (χ1v) is 10.1. The monoisotopic (exact) mass is 370 g/mol. The van der Waals surface area contributed by atoms with Crippen LogP contribution in [-0.4, -0.2) is 27.4 Å². The van der Waals surface area contributed by atoms with Crippen molar-refractivity contribution < 1.29 is 4.79 Å². The van der Waals surface area contributed by atoms with Crippen molar-refractivity contribution in [3.63, 3.8) is 0 Å². The zero-order valence-corrected chi connectivity index (χ0v) is 15.5. The van der Waals surface area contributed by atoms with Crippen molar-refractivity contribution in [2.45, 2.75) is 32.6 Å². The summed E-state index contributed by atoms with van der Waals surface area (Å²) in [5, 5.41) is 7.62. The number of aryl methyl sites for hydroxylation is 2. The summed E-state index contributed by atoms with van der Waals surface area (Å²) in [6, 6.07) is 4.00. The molecule has 0 bridgehead atoms. The number of aromatic nitrogens is 3. The van der Waals surface area contributed by atoms with Crippen molar-refractivity contribution in [2.75, 3.05) is 6.54 Å². The van der Waals surface area contributed by atoms with Gasteiger partial charge in [0.25, 0.3) is 5.91 Å². The summed E-state index contributed by atoms with van der Waals surface area (Å²) >= 11 is 3.12. The maximum absolute atomic E-state index is 12.3. The minimum atomic E-state index is -0.142. The molecule has 0 aliphatic heterocycles. The Hall–Kier alpha value is -2.12. The van der Waals surface area contributed by atoms with E-state index in [2.05, 4.69) is 27.2 Å². The fraction of sp³-hybridized carbons (Fsp3) is 0.333. The van der Waals surface area contributed by atoms with E-state index in [1.807, 2.05) is 17.5 Å². The highest BCUT2D eigenvalue weighted by Gasteiger charge is 2.17. The highest BCUT2D eigenvalue weighted by atomic mass is 32.1. The molecule has 3 aromatic heterocycles. The van der Waals surface area contributed by atoms with Gasteiger partial charge in [-0.3, -0.25) is 4.79 Å². The number of rotatable bonds is 5. The van der Waals surface area contributed by atoms with Crippen LogP contribution >= 0.6 is 22.7 Å². The Morgan fingerprint density at radius 3 is 3.00 bits per heavy atom. The van der Waals surface area contributed by atoms with E-state index in [-0.39, 0.29) is 5.91 Å². The van der Waals surface area contributed by atoms with E-state index in [4.69, 9.17) is 0 Å². The Morgan fingerprint density at radius 2 is 2.16 bits per heavy atom. The minimum Gasteiger partial charge on any atom is -0.350 e. The van der Waals surface area contributed by atoms with Crippen molar-refractivity contribution in [2.24, 2.45) is 0 Å². The van der Waals surface area contributed by atoms with Crippen LogP contribution in [0.4, 0.5) is 0 Å². The molecule has 5 nitrogen and oxygen atoms in total. The average molecular weight is 371 g/mol. The Balaban J connectivity index is 1.36. The number of carbonyl (C=O) groups excluding carboxylic acids is 1. The average Bonchev–Trinajstić information content (AvgIpc) is 3.34. The number of thiazole rings is 1. The van der Waals surface area contributed by atoms with Gasteiger partial charge in [-0.2, -0.15) is 0 Å². The standard InChI is InChI=1S/C18H18N4OS2/c1-11-12-4-2-5-13(12)21-16(20-11)7-8-19-17(23)14-10-25-18(22-14)15-6-3-9-24-15/h3,6,9-10H,2,4-5,7-8H2,1H3,(H,19,23). The molecule has 0 radical (unpaired) electrons. The lowest BCUT2D eigenvalue weighted by Gasteiger charge is -2.07. The number of hydrogen-bond donors (Lipinski definition) is 1. The molecule has 7 heteroatoms. The van der Waals surface area contributed by atoms with Gasteiger partial charge in [0.1, 0.15) is 16.5 Å². The van der Waals surface area contributed by atoms with Crippen LogP contribution in [-0.2, 0) is 19.3 Å². The summed E-state index contributed by atoms with van der Waals surface area (Å²) in [4.78, 5) is 27.0. The summed E-state index contributed by atoms with van der Waals surface area (Å²) in [7, 11) is 0. The lowest BCUT2D eigenvalue weighted by atomic mass is 10.2. The summed E-state index contributed by atoms with van der Waals surface area (Å²) in [5.41, 5.74) is 4.06. The Labute approximate surface area is 154 Å². The summed E-state index contributed by atoms with van der Waals surface area (Å²) < 4.78 is 0. The molecular formula is C18H18N4OS2. The molecule has 4 rings (SSSR count). The van der Waals surface area contributed by atoms with Crippen LogP contribution in [0.3, 0.4) is 0 Å². The number of thiophene rings is 1. The van der Waals surface area contributed by atoms with E-state index in [0.717, 1.165) is 34.2 Å². The summed E-state index contributed by atoms with van der Waals surface area (Å²) in [5.74, 6) is 0.674. The summed E-state index contributed by atoms with van der Waals surface area (Å²) in [6.07, 6.45) is 3.94. The highest BCUT2D eigenvalue weighted by Crippen LogP contribution is 2.27. The minimum absolute atomic E-state index is 0.142. The molecule has 1 aliphatic rings. The van der Waals surface area contributed by atoms with Gasteiger partial charge in [-0.15, -0.1) is 22.7 Å². The lowest BCUT2D eigenvalue weighted by Crippen LogP contribution is -2.26. The fourth-order valence-corrected chi connectivity index (χ4v) is 4.68. The van der Waals surface area contributed by atoms with Crippen LogP contribution in [0.5, 0.6) is 0 Å². The zero-order chi connectivity index (χ0) is 17.2. The molecule has 0 atom stereocenters. The Morgan fingerprint density at radius 1 is 1.24 bits per heavy atom. The number of hydrogen-bond acceptors (Lipinski definition) is 6. The van der Waals surface area contributed by atoms with Crippen molar-refractivity contribution >= 4 is 28.6 Å². The number of amides is 1. The Bertz CT molecular complexity index is 902. The van der Waals surface area contributed by atoms with Crippen LogP contribution < -0.4 is 5.32 Å². The number of nitrogens with zero attached hydrogens (tertiary/aromatic N) is 3. The van der Waals surface area contributed by atoms with Crippen LogP contribution in [0.15, 0.2) is 22.9 Å². The third-order valence-corrected chi connectivity index (χ3v) is 6.17. The van der Waals surface area contributed by atoms with E-state index in [1.54, 1.807) is 16.7 Å². The Kier molecular flexibility index (Phi) is 4.59. The molecule has 0 spiro atoms. The predicted molar refractivity (Wildman–Crippen MR) is 100 cm³/mol. The third kappa shape index (κ3) is 3.48. The van der Waals surface area contributed by atoms with Gasteiger partial charge in [-0.05, 0) is 43.2 Å². The second-order valence-corrected chi connectivity index (χ2v) is 7.83. The second-order valence-electron chi connectivity index (χ2n) is 6.03. The van der Waals surface area contributed by atoms with E-state index < -0.39 is 0 Å². The SMILES string of the molecule is Cc1nc(CCNC(=O)c2csc(-c3cccs3)n2)nc2c1CCC2. The van der Waals surface area contributed by atoms with Gasteiger partial charge in [0.15, 0.2) is 0 Å². The van der Waals surface area contributed by atoms with E-state index in [0.29, 0.717) is 18.7 Å². The topological polar surface area (TPSA) is 67.8 Å². The van der Waals surface area contributed by atoms with Crippen molar-refractivity contribution in [3.05, 3.63) is 51.4 Å². The first kappa shape index (κ1) is 16.4. The molecular weight excluding hydrogens is 352 g/mol. The first-order chi connectivity index (χ1) is 12.2. The van der Waals surface area contributed by atoms with E-state index in [1.165, 1.54) is 29.0 Å². The molecule has 3 heterocycles. The molecule has 0 fully saturated rings. The lowest BCUT2D eigenvalue weighted by molar-refractivity contribution is 0.0950. The number of carbonyl (C=O) groups is 1. The van der Waals surface area contributed by atoms with Crippen molar-refractivity contribution in [1.82, 2.24) is 20.3 Å².